The first-order chi connectivity index (χ1) is 10.5. The van der Waals surface area contributed by atoms with E-state index in [2.05, 4.69) is 11.8 Å². The molecule has 0 saturated heterocycles. The first kappa shape index (κ1) is 16.5. The molecule has 0 amide bonds. The topological polar surface area (TPSA) is 57.2 Å². The van der Waals surface area contributed by atoms with E-state index in [0.29, 0.717) is 50.8 Å². The molecule has 2 aliphatic heterocycles. The Labute approximate surface area is 131 Å². The van der Waals surface area contributed by atoms with E-state index in [1.54, 1.807) is 26.2 Å². The zero-order chi connectivity index (χ0) is 15.8. The molecule has 120 valence electrons. The minimum atomic E-state index is -1.06. The van der Waals surface area contributed by atoms with Gasteiger partial charge in [-0.2, -0.15) is 0 Å². The number of hydrogen-bond acceptors (Lipinski definition) is 5. The lowest BCUT2D eigenvalue weighted by atomic mass is 10.1. The largest absolute Gasteiger partial charge is 0.497 e. The van der Waals surface area contributed by atoms with E-state index < -0.39 is 5.60 Å². The van der Waals surface area contributed by atoms with Crippen molar-refractivity contribution in [2.45, 2.75) is 25.9 Å². The van der Waals surface area contributed by atoms with Crippen molar-refractivity contribution in [3.63, 3.8) is 0 Å². The highest BCUT2D eigenvalue weighted by molar-refractivity contribution is 5.40. The lowest BCUT2D eigenvalue weighted by Gasteiger charge is -2.20. The minimum absolute atomic E-state index is 0.449. The Bertz CT molecular complexity index is 525. The number of hydrogen-bond donors (Lipinski definition) is 1. The van der Waals surface area contributed by atoms with Gasteiger partial charge in [-0.1, -0.05) is 11.8 Å². The third-order valence-corrected chi connectivity index (χ3v) is 2.85. The summed E-state index contributed by atoms with van der Waals surface area (Å²) in [7, 11) is 0. The number of allylic oxidation sites excluding steroid dienone is 3. The van der Waals surface area contributed by atoms with E-state index in [1.165, 1.54) is 0 Å². The molecule has 2 heterocycles. The molecule has 0 fully saturated rings. The van der Waals surface area contributed by atoms with Crippen LogP contribution in [0.15, 0.2) is 35.5 Å². The predicted octanol–water partition coefficient (Wildman–Crippen LogP) is 1.90. The summed E-state index contributed by atoms with van der Waals surface area (Å²) in [6.45, 7) is 5.85. The van der Waals surface area contributed by atoms with Crippen LogP contribution in [0.2, 0.25) is 0 Å². The highest BCUT2D eigenvalue weighted by Gasteiger charge is 2.13. The first-order valence-electron chi connectivity index (χ1n) is 7.36. The standard InChI is InChI=1S/C17H22O5/c1-17(2,18)7-5-14-3-4-15-16(22-12-11-21-15)6-8-19-9-10-20-13-14/h3-4,13,18H,6,8-12H2,1-2H3/b4-3-,14-13+. The van der Waals surface area contributed by atoms with Crippen LogP contribution in [0, 0.1) is 11.8 Å². The molecular weight excluding hydrogens is 284 g/mol. The van der Waals surface area contributed by atoms with E-state index in [-0.39, 0.29) is 0 Å². The molecule has 0 radical (unpaired) electrons. The van der Waals surface area contributed by atoms with Crippen molar-refractivity contribution in [2.24, 2.45) is 0 Å². The van der Waals surface area contributed by atoms with Crippen LogP contribution < -0.4 is 0 Å². The second kappa shape index (κ2) is 7.92. The van der Waals surface area contributed by atoms with Gasteiger partial charge in [0.15, 0.2) is 5.76 Å². The third-order valence-electron chi connectivity index (χ3n) is 2.85. The lowest BCUT2D eigenvalue weighted by molar-refractivity contribution is 0.0440. The lowest BCUT2D eigenvalue weighted by Crippen LogP contribution is -2.15. The molecule has 0 aliphatic carbocycles. The maximum absolute atomic E-state index is 9.70. The molecule has 1 N–H and O–H groups in total. The highest BCUT2D eigenvalue weighted by Crippen LogP contribution is 2.19. The van der Waals surface area contributed by atoms with E-state index in [9.17, 15) is 5.11 Å². The van der Waals surface area contributed by atoms with E-state index in [1.807, 2.05) is 6.08 Å². The fraction of sp³-hybridized carbons (Fsp3) is 0.529. The summed E-state index contributed by atoms with van der Waals surface area (Å²) in [5.41, 5.74) is -0.417. The second-order valence-electron chi connectivity index (χ2n) is 5.43. The van der Waals surface area contributed by atoms with Crippen LogP contribution in [0.5, 0.6) is 0 Å². The summed E-state index contributed by atoms with van der Waals surface area (Å²) in [5.74, 6) is 7.14. The molecule has 0 bridgehead atoms. The van der Waals surface area contributed by atoms with Crippen molar-refractivity contribution in [1.29, 1.82) is 0 Å². The minimum Gasteiger partial charge on any atom is -0.497 e. The van der Waals surface area contributed by atoms with Gasteiger partial charge in [0.25, 0.3) is 0 Å². The van der Waals surface area contributed by atoms with Gasteiger partial charge in [-0.3, -0.25) is 0 Å². The number of ether oxygens (including phenoxy) is 4. The second-order valence-corrected chi connectivity index (χ2v) is 5.43. The van der Waals surface area contributed by atoms with Crippen LogP contribution in [0.25, 0.3) is 0 Å². The van der Waals surface area contributed by atoms with Crippen LogP contribution in [0.4, 0.5) is 0 Å². The average molecular weight is 306 g/mol. The summed E-state index contributed by atoms with van der Waals surface area (Å²) in [6.07, 6.45) is 5.83. The predicted molar refractivity (Wildman–Crippen MR) is 81.6 cm³/mol. The Hall–Kier alpha value is -1.90. The average Bonchev–Trinajstić information content (AvgIpc) is 2.46. The van der Waals surface area contributed by atoms with Crippen molar-refractivity contribution < 1.29 is 24.1 Å². The van der Waals surface area contributed by atoms with Gasteiger partial charge in [0, 0.05) is 6.42 Å². The molecular formula is C17H22O5. The fourth-order valence-corrected chi connectivity index (χ4v) is 1.83. The Morgan fingerprint density at radius 3 is 2.68 bits per heavy atom. The zero-order valence-corrected chi connectivity index (χ0v) is 13.1. The van der Waals surface area contributed by atoms with E-state index >= 15 is 0 Å². The quantitative estimate of drug-likeness (QED) is 0.693. The Balaban J connectivity index is 2.23. The third kappa shape index (κ3) is 5.84. The summed E-state index contributed by atoms with van der Waals surface area (Å²) in [6, 6.07) is 0. The van der Waals surface area contributed by atoms with Crippen molar-refractivity contribution in [3.05, 3.63) is 35.5 Å². The molecule has 5 heteroatoms. The van der Waals surface area contributed by atoms with E-state index in [4.69, 9.17) is 18.9 Å². The highest BCUT2D eigenvalue weighted by atomic mass is 16.6. The van der Waals surface area contributed by atoms with E-state index in [0.717, 1.165) is 5.76 Å². The number of aliphatic hydroxyl groups is 1. The Morgan fingerprint density at radius 1 is 1.05 bits per heavy atom. The molecule has 0 spiro atoms. The maximum Gasteiger partial charge on any atom is 0.157 e. The van der Waals surface area contributed by atoms with Crippen LogP contribution in [0.1, 0.15) is 20.3 Å². The summed E-state index contributed by atoms with van der Waals surface area (Å²) in [5, 5.41) is 9.70. The molecule has 0 aromatic heterocycles. The van der Waals surface area contributed by atoms with Gasteiger partial charge in [-0.05, 0) is 26.0 Å². The fourth-order valence-electron chi connectivity index (χ4n) is 1.83. The summed E-state index contributed by atoms with van der Waals surface area (Å²) < 4.78 is 22.1. The van der Waals surface area contributed by atoms with Crippen molar-refractivity contribution in [2.75, 3.05) is 33.0 Å². The molecule has 22 heavy (non-hydrogen) atoms. The monoisotopic (exact) mass is 306 g/mol. The normalized spacial score (nSPS) is 23.7. The summed E-state index contributed by atoms with van der Waals surface area (Å²) in [4.78, 5) is 0. The SMILES string of the molecule is CC(C)(O)C#CC1=C/OCCOCCC2=C(/C=C\1)OCCO2. The van der Waals surface area contributed by atoms with Gasteiger partial charge in [0.2, 0.25) is 0 Å². The Morgan fingerprint density at radius 2 is 1.86 bits per heavy atom. The van der Waals surface area contributed by atoms with Crippen LogP contribution in [0.3, 0.4) is 0 Å². The van der Waals surface area contributed by atoms with Crippen molar-refractivity contribution in [3.8, 4) is 11.8 Å². The Kier molecular flexibility index (Phi) is 5.93. The maximum atomic E-state index is 9.70. The molecule has 0 atom stereocenters. The van der Waals surface area contributed by atoms with Gasteiger partial charge in [0.1, 0.15) is 31.2 Å². The molecule has 0 aromatic carbocycles. The van der Waals surface area contributed by atoms with Crippen LogP contribution in [-0.2, 0) is 18.9 Å². The molecule has 2 rings (SSSR count). The molecule has 0 aromatic rings. The van der Waals surface area contributed by atoms with Crippen molar-refractivity contribution in [1.82, 2.24) is 0 Å². The first-order valence-corrected chi connectivity index (χ1v) is 7.36. The number of rotatable bonds is 0. The van der Waals surface area contributed by atoms with Gasteiger partial charge in [-0.25, -0.2) is 0 Å². The molecule has 2 aliphatic rings. The molecule has 5 nitrogen and oxygen atoms in total. The molecule has 0 saturated carbocycles. The van der Waals surface area contributed by atoms with Gasteiger partial charge in [-0.15, -0.1) is 0 Å². The van der Waals surface area contributed by atoms with Crippen LogP contribution in [-0.4, -0.2) is 43.7 Å². The smallest absolute Gasteiger partial charge is 0.157 e. The van der Waals surface area contributed by atoms with Crippen molar-refractivity contribution >= 4 is 0 Å². The van der Waals surface area contributed by atoms with Gasteiger partial charge >= 0.3 is 0 Å². The molecule has 0 unspecified atom stereocenters. The summed E-state index contributed by atoms with van der Waals surface area (Å²) >= 11 is 0. The van der Waals surface area contributed by atoms with Gasteiger partial charge < -0.3 is 24.1 Å². The zero-order valence-electron chi connectivity index (χ0n) is 13.1. The van der Waals surface area contributed by atoms with Gasteiger partial charge in [0.05, 0.1) is 25.0 Å². The van der Waals surface area contributed by atoms with Crippen LogP contribution >= 0.6 is 0 Å².